The molecule has 1 aliphatic heterocycles. The van der Waals surface area contributed by atoms with E-state index in [0.29, 0.717) is 50.2 Å². The minimum absolute atomic E-state index is 0.122. The number of hydrogen-bond acceptors (Lipinski definition) is 7. The molecule has 39 heavy (non-hydrogen) atoms. The number of carbonyl (C=O) groups is 1. The van der Waals surface area contributed by atoms with Crippen molar-refractivity contribution in [2.75, 3.05) is 52.3 Å². The van der Waals surface area contributed by atoms with Gasteiger partial charge in [0.1, 0.15) is 29.7 Å². The molecule has 10 heteroatoms. The van der Waals surface area contributed by atoms with Crippen LogP contribution in [0.25, 0.3) is 10.9 Å². The zero-order chi connectivity index (χ0) is 28.2. The van der Waals surface area contributed by atoms with Gasteiger partial charge in [0, 0.05) is 49.8 Å². The Morgan fingerprint density at radius 2 is 1.82 bits per heavy atom. The Kier molecular flexibility index (Phi) is 8.87. The predicted molar refractivity (Wildman–Crippen MR) is 144 cm³/mol. The lowest BCUT2D eigenvalue weighted by Gasteiger charge is -2.39. The minimum atomic E-state index is -0.956. The van der Waals surface area contributed by atoms with Crippen LogP contribution in [0, 0.1) is 17.0 Å². The van der Waals surface area contributed by atoms with Gasteiger partial charge in [0.15, 0.2) is 0 Å². The molecule has 0 spiro atoms. The second kappa shape index (κ2) is 12.1. The number of hydrogen-bond donors (Lipinski definition) is 2. The molecule has 1 fully saturated rings. The van der Waals surface area contributed by atoms with E-state index in [2.05, 4.69) is 9.88 Å². The number of ether oxygens (including phenoxy) is 2. The third kappa shape index (κ3) is 6.57. The zero-order valence-corrected chi connectivity index (χ0v) is 22.5. The lowest BCUT2D eigenvalue weighted by Crippen LogP contribution is -2.45. The molecule has 0 amide bonds. The smallest absolute Gasteiger partial charge is 0.309 e. The van der Waals surface area contributed by atoms with Crippen molar-refractivity contribution in [3.05, 3.63) is 59.8 Å². The number of fused-ring (bicyclic) bond motifs is 1. The van der Waals surface area contributed by atoms with Crippen molar-refractivity contribution in [1.29, 1.82) is 0 Å². The number of piperidine rings is 1. The molecule has 1 aliphatic rings. The van der Waals surface area contributed by atoms with Crippen molar-refractivity contribution in [2.24, 2.45) is 5.41 Å². The van der Waals surface area contributed by atoms with E-state index in [0.717, 1.165) is 34.8 Å². The Balaban J connectivity index is 1.41. The second-order valence-electron chi connectivity index (χ2n) is 10.3. The first-order chi connectivity index (χ1) is 18.6. The van der Waals surface area contributed by atoms with Gasteiger partial charge in [0.05, 0.1) is 36.0 Å². The number of benzene rings is 2. The van der Waals surface area contributed by atoms with Crippen molar-refractivity contribution >= 4 is 22.6 Å². The van der Waals surface area contributed by atoms with Crippen LogP contribution >= 0.6 is 0 Å². The van der Waals surface area contributed by atoms with Crippen LogP contribution in [-0.4, -0.2) is 73.5 Å². The number of halogens is 2. The molecule has 210 valence electrons. The molecule has 2 N–H and O–H groups in total. The quantitative estimate of drug-likeness (QED) is 0.361. The van der Waals surface area contributed by atoms with Crippen molar-refractivity contribution in [2.45, 2.75) is 31.8 Å². The maximum absolute atomic E-state index is 13.4. The minimum Gasteiger partial charge on any atom is -0.497 e. The molecule has 1 saturated heterocycles. The maximum atomic E-state index is 13.4. The van der Waals surface area contributed by atoms with Gasteiger partial charge in [0.2, 0.25) is 0 Å². The molecule has 1 atom stereocenters. The fraction of sp³-hybridized carbons (Fsp3) is 0.448. The van der Waals surface area contributed by atoms with Crippen LogP contribution in [0.15, 0.2) is 42.6 Å². The highest BCUT2D eigenvalue weighted by Crippen LogP contribution is 2.41. The largest absolute Gasteiger partial charge is 0.497 e. The number of carboxylic acid groups (broad SMARTS) is 1. The highest BCUT2D eigenvalue weighted by atomic mass is 19.1. The molecule has 0 saturated carbocycles. The number of carboxylic acids is 1. The number of aromatic nitrogens is 1. The number of anilines is 1. The number of likely N-dealkylation sites (tertiary alicyclic amines) is 1. The number of methoxy groups -OCH3 is 1. The first kappa shape index (κ1) is 28.5. The lowest BCUT2D eigenvalue weighted by molar-refractivity contribution is -0.153. The van der Waals surface area contributed by atoms with Crippen LogP contribution in [-0.2, 0) is 4.79 Å². The Morgan fingerprint density at radius 3 is 2.44 bits per heavy atom. The van der Waals surface area contributed by atoms with E-state index >= 15 is 0 Å². The Bertz CT molecular complexity index is 1290. The summed E-state index contributed by atoms with van der Waals surface area (Å²) < 4.78 is 37.6. The summed E-state index contributed by atoms with van der Waals surface area (Å²) in [7, 11) is 5.33. The van der Waals surface area contributed by atoms with E-state index in [4.69, 9.17) is 9.47 Å². The average Bonchev–Trinajstić information content (AvgIpc) is 2.90. The molecule has 2 aromatic carbocycles. The number of aliphatic carboxylic acids is 1. The van der Waals surface area contributed by atoms with Gasteiger partial charge in [-0.05, 0) is 57.0 Å². The zero-order valence-electron chi connectivity index (χ0n) is 22.5. The standard InChI is InChI=1S/C29H35F2N3O5/c1-33(2)25-18-32-24-5-4-21(38-3)17-23(24)27(25)26(35)6-7-29(28(36)37)8-10-34(11-9-29)12-13-39-22-15-19(30)14-20(31)16-22/h4-5,14-18,26,35H,6-13H2,1-3H3,(H,36,37)/t26-/m0/s1. The summed E-state index contributed by atoms with van der Waals surface area (Å²) in [5, 5.41) is 22.3. The van der Waals surface area contributed by atoms with E-state index in [-0.39, 0.29) is 18.8 Å². The van der Waals surface area contributed by atoms with E-state index in [9.17, 15) is 23.8 Å². The molecule has 2 heterocycles. The van der Waals surface area contributed by atoms with Crippen molar-refractivity contribution in [3.63, 3.8) is 0 Å². The molecule has 0 bridgehead atoms. The number of nitrogens with zero attached hydrogens (tertiary/aromatic N) is 3. The third-order valence-electron chi connectivity index (χ3n) is 7.59. The van der Waals surface area contributed by atoms with Gasteiger partial charge in [-0.1, -0.05) is 0 Å². The second-order valence-corrected chi connectivity index (χ2v) is 10.3. The highest BCUT2D eigenvalue weighted by Gasteiger charge is 2.41. The van der Waals surface area contributed by atoms with Crippen LogP contribution < -0.4 is 14.4 Å². The Labute approximate surface area is 226 Å². The van der Waals surface area contributed by atoms with Gasteiger partial charge in [-0.15, -0.1) is 0 Å². The van der Waals surface area contributed by atoms with E-state index < -0.39 is 29.1 Å². The van der Waals surface area contributed by atoms with Crippen molar-refractivity contribution in [3.8, 4) is 11.5 Å². The fourth-order valence-electron chi connectivity index (χ4n) is 5.25. The predicted octanol–water partition coefficient (Wildman–Crippen LogP) is 4.65. The van der Waals surface area contributed by atoms with Crippen molar-refractivity contribution < 1.29 is 33.3 Å². The number of aliphatic hydroxyl groups excluding tert-OH is 1. The summed E-state index contributed by atoms with van der Waals surface area (Å²) >= 11 is 0. The molecule has 3 aromatic rings. The summed E-state index contributed by atoms with van der Waals surface area (Å²) in [6, 6.07) is 8.55. The molecule has 1 aromatic heterocycles. The first-order valence-electron chi connectivity index (χ1n) is 13.0. The van der Waals surface area contributed by atoms with Gasteiger partial charge in [0.25, 0.3) is 0 Å². The topological polar surface area (TPSA) is 95.4 Å². The molecule has 0 radical (unpaired) electrons. The first-order valence-corrected chi connectivity index (χ1v) is 13.0. The Hall–Kier alpha value is -3.50. The Morgan fingerprint density at radius 1 is 1.13 bits per heavy atom. The summed E-state index contributed by atoms with van der Waals surface area (Å²) in [5.41, 5.74) is 1.23. The highest BCUT2D eigenvalue weighted by molar-refractivity contribution is 5.88. The summed E-state index contributed by atoms with van der Waals surface area (Å²) in [5.74, 6) is -1.50. The van der Waals surface area contributed by atoms with Gasteiger partial charge in [-0.2, -0.15) is 0 Å². The van der Waals surface area contributed by atoms with Gasteiger partial charge in [-0.25, -0.2) is 8.78 Å². The SMILES string of the molecule is COc1ccc2ncc(N(C)C)c([C@@H](O)CCC3(C(=O)O)CCN(CCOc4cc(F)cc(F)c4)CC3)c2c1. The van der Waals surface area contributed by atoms with Crippen LogP contribution in [0.5, 0.6) is 11.5 Å². The lowest BCUT2D eigenvalue weighted by atomic mass is 9.74. The van der Waals surface area contributed by atoms with E-state index in [1.165, 1.54) is 0 Å². The van der Waals surface area contributed by atoms with Crippen LogP contribution in [0.2, 0.25) is 0 Å². The number of pyridine rings is 1. The number of rotatable bonds is 11. The summed E-state index contributed by atoms with van der Waals surface area (Å²) in [6.45, 7) is 1.82. The van der Waals surface area contributed by atoms with Crippen molar-refractivity contribution in [1.82, 2.24) is 9.88 Å². The maximum Gasteiger partial charge on any atom is 0.309 e. The van der Waals surface area contributed by atoms with Crippen LogP contribution in [0.4, 0.5) is 14.5 Å². The van der Waals surface area contributed by atoms with Gasteiger partial charge < -0.3 is 24.6 Å². The van der Waals surface area contributed by atoms with E-state index in [1.54, 1.807) is 13.3 Å². The molecule has 0 aliphatic carbocycles. The molecule has 8 nitrogen and oxygen atoms in total. The normalized spacial score (nSPS) is 16.2. The van der Waals surface area contributed by atoms with Crippen LogP contribution in [0.3, 0.4) is 0 Å². The average molecular weight is 544 g/mol. The molecule has 4 rings (SSSR count). The van der Waals surface area contributed by atoms with Gasteiger partial charge >= 0.3 is 5.97 Å². The summed E-state index contributed by atoms with van der Waals surface area (Å²) in [6.07, 6.45) is 2.27. The van der Waals surface area contributed by atoms with Crippen LogP contribution in [0.1, 0.15) is 37.4 Å². The molecular formula is C29H35F2N3O5. The molecular weight excluding hydrogens is 508 g/mol. The van der Waals surface area contributed by atoms with Gasteiger partial charge in [-0.3, -0.25) is 14.7 Å². The monoisotopic (exact) mass is 543 g/mol. The molecule has 0 unspecified atom stereocenters. The summed E-state index contributed by atoms with van der Waals surface area (Å²) in [4.78, 5) is 20.9. The number of aliphatic hydroxyl groups is 1. The fourth-order valence-corrected chi connectivity index (χ4v) is 5.25. The third-order valence-corrected chi connectivity index (χ3v) is 7.59. The van der Waals surface area contributed by atoms with E-state index in [1.807, 2.05) is 37.2 Å².